The van der Waals surface area contributed by atoms with Gasteiger partial charge in [0.2, 0.25) is 5.91 Å². The van der Waals surface area contributed by atoms with E-state index in [-0.39, 0.29) is 24.3 Å². The van der Waals surface area contributed by atoms with E-state index in [9.17, 15) is 18.0 Å². The van der Waals surface area contributed by atoms with Gasteiger partial charge in [0.1, 0.15) is 0 Å². The highest BCUT2D eigenvalue weighted by Gasteiger charge is 2.31. The lowest BCUT2D eigenvalue weighted by molar-refractivity contribution is -0.138. The van der Waals surface area contributed by atoms with Gasteiger partial charge in [-0.2, -0.15) is 13.2 Å². The molecule has 1 aromatic rings. The Morgan fingerprint density at radius 2 is 2.18 bits per heavy atom. The maximum atomic E-state index is 12.7. The summed E-state index contributed by atoms with van der Waals surface area (Å²) in [5.74, 6) is 0.129. The lowest BCUT2D eigenvalue weighted by atomic mass is 9.92. The molecule has 3 nitrogen and oxygen atoms in total. The fraction of sp³-hybridized carbons (Fsp3) is 0.562. The van der Waals surface area contributed by atoms with E-state index in [0.717, 1.165) is 25.0 Å². The summed E-state index contributed by atoms with van der Waals surface area (Å²) in [4.78, 5) is 14.0. The molecule has 2 atom stereocenters. The molecule has 1 heterocycles. The van der Waals surface area contributed by atoms with E-state index >= 15 is 0 Å². The maximum absolute atomic E-state index is 12.7. The number of amides is 1. The lowest BCUT2D eigenvalue weighted by Crippen LogP contribution is -2.45. The van der Waals surface area contributed by atoms with Crippen molar-refractivity contribution in [2.75, 3.05) is 13.1 Å². The minimum Gasteiger partial charge on any atom is -0.342 e. The third kappa shape index (κ3) is 4.22. The number of hydrogen-bond acceptors (Lipinski definition) is 2. The molecule has 1 fully saturated rings. The summed E-state index contributed by atoms with van der Waals surface area (Å²) in [5.41, 5.74) is 5.56. The van der Waals surface area contributed by atoms with E-state index in [1.54, 1.807) is 11.0 Å². The summed E-state index contributed by atoms with van der Waals surface area (Å²) in [6, 6.07) is 4.97. The zero-order chi connectivity index (χ0) is 16.3. The van der Waals surface area contributed by atoms with Gasteiger partial charge in [0, 0.05) is 19.1 Å². The van der Waals surface area contributed by atoms with Crippen molar-refractivity contribution in [1.29, 1.82) is 0 Å². The van der Waals surface area contributed by atoms with Gasteiger partial charge in [-0.25, -0.2) is 0 Å². The fourth-order valence-electron chi connectivity index (χ4n) is 2.81. The Balaban J connectivity index is 2.03. The minimum absolute atomic E-state index is 0.00437. The number of piperidine rings is 1. The molecule has 0 aliphatic carbocycles. The van der Waals surface area contributed by atoms with Gasteiger partial charge in [-0.3, -0.25) is 4.79 Å². The molecule has 22 heavy (non-hydrogen) atoms. The molecule has 6 heteroatoms. The highest BCUT2D eigenvalue weighted by atomic mass is 19.4. The molecule has 1 saturated heterocycles. The molecule has 2 rings (SSSR count). The van der Waals surface area contributed by atoms with Crippen molar-refractivity contribution in [2.45, 2.75) is 38.4 Å². The van der Waals surface area contributed by atoms with Gasteiger partial charge in [-0.1, -0.05) is 18.2 Å². The van der Waals surface area contributed by atoms with Gasteiger partial charge in [-0.05, 0) is 37.3 Å². The second-order valence-corrected chi connectivity index (χ2v) is 5.98. The van der Waals surface area contributed by atoms with E-state index in [1.165, 1.54) is 6.07 Å². The predicted molar refractivity (Wildman–Crippen MR) is 78.1 cm³/mol. The van der Waals surface area contributed by atoms with Crippen LogP contribution in [0, 0.1) is 5.92 Å². The number of carbonyl (C=O) groups is 1. The van der Waals surface area contributed by atoms with Crippen molar-refractivity contribution >= 4 is 5.91 Å². The topological polar surface area (TPSA) is 46.3 Å². The number of alkyl halides is 3. The number of halogens is 3. The summed E-state index contributed by atoms with van der Waals surface area (Å²) in [5, 5.41) is 0. The van der Waals surface area contributed by atoms with Crippen LogP contribution >= 0.6 is 0 Å². The Bertz CT molecular complexity index is 528. The predicted octanol–water partition coefficient (Wildman–Crippen LogP) is 2.83. The van der Waals surface area contributed by atoms with E-state index in [0.29, 0.717) is 18.7 Å². The Hall–Kier alpha value is -1.56. The first-order valence-corrected chi connectivity index (χ1v) is 7.47. The minimum atomic E-state index is -4.38. The summed E-state index contributed by atoms with van der Waals surface area (Å²) in [6.07, 6.45) is -2.51. The third-order valence-corrected chi connectivity index (χ3v) is 4.16. The third-order valence-electron chi connectivity index (χ3n) is 4.16. The largest absolute Gasteiger partial charge is 0.416 e. The maximum Gasteiger partial charge on any atom is 0.416 e. The zero-order valence-corrected chi connectivity index (χ0v) is 12.6. The van der Waals surface area contributed by atoms with E-state index in [4.69, 9.17) is 5.73 Å². The number of carbonyl (C=O) groups excluding carboxylic acids is 1. The molecule has 0 aromatic heterocycles. The SMILES string of the molecule is C[C@@H](N)[C@H]1CCCN(C(=O)Cc2cccc(C(F)(F)F)c2)C1. The average Bonchev–Trinajstić information content (AvgIpc) is 2.46. The van der Waals surface area contributed by atoms with Crippen LogP contribution in [0.3, 0.4) is 0 Å². The summed E-state index contributed by atoms with van der Waals surface area (Å²) in [6.45, 7) is 3.17. The van der Waals surface area contributed by atoms with Crippen molar-refractivity contribution in [3.8, 4) is 0 Å². The van der Waals surface area contributed by atoms with Crippen LogP contribution < -0.4 is 5.73 Å². The van der Waals surface area contributed by atoms with E-state index in [1.807, 2.05) is 6.92 Å². The molecule has 1 aliphatic heterocycles. The highest BCUT2D eigenvalue weighted by Crippen LogP contribution is 2.29. The smallest absolute Gasteiger partial charge is 0.342 e. The number of hydrogen-bond donors (Lipinski definition) is 1. The molecule has 1 amide bonds. The van der Waals surface area contributed by atoms with Crippen LogP contribution in [0.2, 0.25) is 0 Å². The van der Waals surface area contributed by atoms with Crippen LogP contribution in [0.25, 0.3) is 0 Å². The normalized spacial score (nSPS) is 20.8. The molecule has 1 aliphatic rings. The molecule has 0 bridgehead atoms. The Morgan fingerprint density at radius 3 is 2.82 bits per heavy atom. The molecular weight excluding hydrogens is 293 g/mol. The lowest BCUT2D eigenvalue weighted by Gasteiger charge is -2.34. The van der Waals surface area contributed by atoms with Crippen molar-refractivity contribution in [3.63, 3.8) is 0 Å². The van der Waals surface area contributed by atoms with Crippen LogP contribution in [-0.4, -0.2) is 29.9 Å². The number of rotatable bonds is 3. The summed E-state index contributed by atoms with van der Waals surface area (Å²) < 4.78 is 38.1. The quantitative estimate of drug-likeness (QED) is 0.932. The summed E-state index contributed by atoms with van der Waals surface area (Å²) >= 11 is 0. The summed E-state index contributed by atoms with van der Waals surface area (Å²) in [7, 11) is 0. The molecule has 0 spiro atoms. The fourth-order valence-corrected chi connectivity index (χ4v) is 2.81. The van der Waals surface area contributed by atoms with E-state index in [2.05, 4.69) is 0 Å². The number of nitrogens with zero attached hydrogens (tertiary/aromatic N) is 1. The van der Waals surface area contributed by atoms with Gasteiger partial charge in [0.05, 0.1) is 12.0 Å². The van der Waals surface area contributed by atoms with Gasteiger partial charge in [0.15, 0.2) is 0 Å². The molecule has 0 saturated carbocycles. The van der Waals surface area contributed by atoms with Crippen molar-refractivity contribution in [1.82, 2.24) is 4.90 Å². The van der Waals surface area contributed by atoms with Crippen molar-refractivity contribution in [2.24, 2.45) is 11.7 Å². The molecule has 1 aromatic carbocycles. The van der Waals surface area contributed by atoms with Crippen LogP contribution in [-0.2, 0) is 17.4 Å². The molecule has 0 radical (unpaired) electrons. The number of nitrogens with two attached hydrogens (primary N) is 1. The molecule has 122 valence electrons. The first-order valence-electron chi connectivity index (χ1n) is 7.47. The first kappa shape index (κ1) is 16.8. The van der Waals surface area contributed by atoms with Crippen LogP contribution in [0.4, 0.5) is 13.2 Å². The second-order valence-electron chi connectivity index (χ2n) is 5.98. The number of benzene rings is 1. The Morgan fingerprint density at radius 1 is 1.45 bits per heavy atom. The van der Waals surface area contributed by atoms with Crippen LogP contribution in [0.1, 0.15) is 30.9 Å². The highest BCUT2D eigenvalue weighted by molar-refractivity contribution is 5.79. The van der Waals surface area contributed by atoms with Crippen LogP contribution in [0.5, 0.6) is 0 Å². The van der Waals surface area contributed by atoms with Gasteiger partial charge in [0.25, 0.3) is 0 Å². The zero-order valence-electron chi connectivity index (χ0n) is 12.6. The average molecular weight is 314 g/mol. The molecule has 2 N–H and O–H groups in total. The van der Waals surface area contributed by atoms with Crippen LogP contribution in [0.15, 0.2) is 24.3 Å². The van der Waals surface area contributed by atoms with E-state index < -0.39 is 11.7 Å². The standard InChI is InChI=1S/C16H21F3N2O/c1-11(20)13-5-3-7-21(10-13)15(22)9-12-4-2-6-14(8-12)16(17,18)19/h2,4,6,8,11,13H,3,5,7,9-10,20H2,1H3/t11-,13+/m1/s1. The number of likely N-dealkylation sites (tertiary alicyclic amines) is 1. The molecule has 0 unspecified atom stereocenters. The van der Waals surface area contributed by atoms with Crippen molar-refractivity contribution < 1.29 is 18.0 Å². The molecular formula is C16H21F3N2O. The monoisotopic (exact) mass is 314 g/mol. The van der Waals surface area contributed by atoms with Crippen molar-refractivity contribution in [3.05, 3.63) is 35.4 Å². The van der Waals surface area contributed by atoms with Gasteiger partial charge in [-0.15, -0.1) is 0 Å². The second kappa shape index (κ2) is 6.69. The van der Waals surface area contributed by atoms with Gasteiger partial charge < -0.3 is 10.6 Å². The Kier molecular flexibility index (Phi) is 5.11. The van der Waals surface area contributed by atoms with Gasteiger partial charge >= 0.3 is 6.18 Å². The Labute approximate surface area is 128 Å². The first-order chi connectivity index (χ1) is 10.3.